The zero-order valence-electron chi connectivity index (χ0n) is 15.0. The van der Waals surface area contributed by atoms with Crippen molar-refractivity contribution in [3.8, 4) is 0 Å². The van der Waals surface area contributed by atoms with Gasteiger partial charge in [0, 0.05) is 27.5 Å². The number of carbonyl (C=O) groups excluding carboxylic acids is 1. The van der Waals surface area contributed by atoms with Crippen molar-refractivity contribution in [2.24, 2.45) is 5.92 Å². The van der Waals surface area contributed by atoms with Gasteiger partial charge in [0.25, 0.3) is 5.56 Å². The number of thiophene rings is 1. The minimum absolute atomic E-state index is 0.00461. The largest absolute Gasteiger partial charge is 0.360 e. The first-order chi connectivity index (χ1) is 13.1. The molecule has 1 aliphatic carbocycles. The molecule has 3 aromatic heterocycles. The van der Waals surface area contributed by atoms with Gasteiger partial charge in [0.05, 0.1) is 18.3 Å². The van der Waals surface area contributed by atoms with Crippen LogP contribution in [0.2, 0.25) is 0 Å². The predicted molar refractivity (Wildman–Crippen MR) is 108 cm³/mol. The molecule has 1 atom stereocenters. The first-order valence-corrected chi connectivity index (χ1v) is 10.0. The number of rotatable bonds is 3. The summed E-state index contributed by atoms with van der Waals surface area (Å²) in [6.45, 7) is 2.25. The molecule has 0 saturated heterocycles. The van der Waals surface area contributed by atoms with Crippen molar-refractivity contribution in [3.63, 3.8) is 0 Å². The molecule has 5 nitrogen and oxygen atoms in total. The lowest BCUT2D eigenvalue weighted by Crippen LogP contribution is -2.25. The lowest BCUT2D eigenvalue weighted by molar-refractivity contribution is 0.0972. The molecule has 0 fully saturated rings. The molecule has 136 valence electrons. The van der Waals surface area contributed by atoms with Crippen LogP contribution in [0.5, 0.6) is 0 Å². The molecule has 4 aromatic rings. The highest BCUT2D eigenvalue weighted by Crippen LogP contribution is 2.35. The molecule has 1 aliphatic rings. The van der Waals surface area contributed by atoms with Crippen LogP contribution in [0.25, 0.3) is 21.1 Å². The quantitative estimate of drug-likeness (QED) is 0.550. The Morgan fingerprint density at radius 1 is 1.37 bits per heavy atom. The molecule has 0 saturated carbocycles. The van der Waals surface area contributed by atoms with Gasteiger partial charge in [-0.1, -0.05) is 25.1 Å². The highest BCUT2D eigenvalue weighted by atomic mass is 32.1. The average molecular weight is 377 g/mol. The molecule has 6 heteroatoms. The standard InChI is InChI=1S/C21H19N3O2S/c1-12-6-7-14-18(8-12)27-20-19(14)21(26)24(11-23-20)10-17(25)15-9-22-16-5-3-2-4-13(15)16/h2-5,9,11-12,22H,6-8,10H2,1H3/t12-/m0/s1. The Bertz CT molecular complexity index is 1250. The number of aryl methyl sites for hydroxylation is 1. The molecule has 0 unspecified atom stereocenters. The van der Waals surface area contributed by atoms with Crippen LogP contribution in [0.3, 0.4) is 0 Å². The Kier molecular flexibility index (Phi) is 3.75. The fourth-order valence-electron chi connectivity index (χ4n) is 4.02. The Morgan fingerprint density at radius 2 is 2.22 bits per heavy atom. The molecule has 1 aromatic carbocycles. The predicted octanol–water partition coefficient (Wildman–Crippen LogP) is 3.95. The third-order valence-corrected chi connectivity index (χ3v) is 6.65. The van der Waals surface area contributed by atoms with Crippen molar-refractivity contribution in [2.75, 3.05) is 0 Å². The molecular weight excluding hydrogens is 358 g/mol. The highest BCUT2D eigenvalue weighted by Gasteiger charge is 2.23. The van der Waals surface area contributed by atoms with Crippen LogP contribution >= 0.6 is 11.3 Å². The monoisotopic (exact) mass is 377 g/mol. The molecule has 5 rings (SSSR count). The van der Waals surface area contributed by atoms with E-state index < -0.39 is 0 Å². The summed E-state index contributed by atoms with van der Waals surface area (Å²) in [6.07, 6.45) is 6.28. The van der Waals surface area contributed by atoms with E-state index in [-0.39, 0.29) is 17.9 Å². The maximum absolute atomic E-state index is 13.1. The van der Waals surface area contributed by atoms with Crippen molar-refractivity contribution in [1.82, 2.24) is 14.5 Å². The normalized spacial score (nSPS) is 16.7. The molecular formula is C21H19N3O2S. The number of hydrogen-bond acceptors (Lipinski definition) is 4. The summed E-state index contributed by atoms with van der Waals surface area (Å²) in [6, 6.07) is 7.69. The van der Waals surface area contributed by atoms with Crippen molar-refractivity contribution in [2.45, 2.75) is 32.7 Å². The van der Waals surface area contributed by atoms with Gasteiger partial charge in [0.15, 0.2) is 5.78 Å². The summed E-state index contributed by atoms with van der Waals surface area (Å²) in [7, 11) is 0. The Labute approximate surface area is 159 Å². The molecule has 1 N–H and O–H groups in total. The number of nitrogens with one attached hydrogen (secondary N) is 1. The third kappa shape index (κ3) is 2.63. The topological polar surface area (TPSA) is 67.8 Å². The van der Waals surface area contributed by atoms with Gasteiger partial charge in [0.1, 0.15) is 4.83 Å². The number of fused-ring (bicyclic) bond motifs is 4. The zero-order valence-corrected chi connectivity index (χ0v) is 15.8. The van der Waals surface area contributed by atoms with Gasteiger partial charge in [-0.2, -0.15) is 0 Å². The van der Waals surface area contributed by atoms with Crippen LogP contribution in [0, 0.1) is 5.92 Å². The van der Waals surface area contributed by atoms with E-state index in [9.17, 15) is 9.59 Å². The molecule has 27 heavy (non-hydrogen) atoms. The SMILES string of the molecule is C[C@H]1CCc2c(sc3ncn(CC(=O)c4c[nH]c5ccccc45)c(=O)c23)C1. The maximum atomic E-state index is 13.1. The second-order valence-electron chi connectivity index (χ2n) is 7.38. The second kappa shape index (κ2) is 6.16. The van der Waals surface area contributed by atoms with Gasteiger partial charge in [-0.3, -0.25) is 14.2 Å². The molecule has 0 spiro atoms. The van der Waals surface area contributed by atoms with Crippen molar-refractivity contribution in [1.29, 1.82) is 0 Å². The summed E-state index contributed by atoms with van der Waals surface area (Å²) in [5.41, 5.74) is 2.58. The van der Waals surface area contributed by atoms with E-state index in [1.807, 2.05) is 24.3 Å². The summed E-state index contributed by atoms with van der Waals surface area (Å²) in [4.78, 5) is 35.6. The van der Waals surface area contributed by atoms with Gasteiger partial charge < -0.3 is 4.98 Å². The molecule has 3 heterocycles. The Morgan fingerprint density at radius 3 is 3.11 bits per heavy atom. The number of aromatic amines is 1. The fraction of sp³-hybridized carbons (Fsp3) is 0.286. The van der Waals surface area contributed by atoms with Crippen LogP contribution in [-0.2, 0) is 19.4 Å². The first-order valence-electron chi connectivity index (χ1n) is 9.21. The smallest absolute Gasteiger partial charge is 0.262 e. The molecule has 0 amide bonds. The number of H-pyrrole nitrogens is 1. The minimum atomic E-state index is -0.0970. The first kappa shape index (κ1) is 16.4. The van der Waals surface area contributed by atoms with Gasteiger partial charge in [0.2, 0.25) is 0 Å². The number of ketones is 1. The minimum Gasteiger partial charge on any atom is -0.360 e. The maximum Gasteiger partial charge on any atom is 0.262 e. The molecule has 0 radical (unpaired) electrons. The van der Waals surface area contributed by atoms with E-state index in [0.29, 0.717) is 11.5 Å². The van der Waals surface area contributed by atoms with Gasteiger partial charge >= 0.3 is 0 Å². The number of hydrogen-bond donors (Lipinski definition) is 1. The lowest BCUT2D eigenvalue weighted by atomic mass is 9.89. The van der Waals surface area contributed by atoms with Crippen molar-refractivity contribution >= 4 is 38.2 Å². The van der Waals surface area contributed by atoms with Crippen LogP contribution in [0.15, 0.2) is 41.6 Å². The number of Topliss-reactive ketones (excluding diaryl/α,β-unsaturated/α-hetero) is 1. The number of benzene rings is 1. The number of carbonyl (C=O) groups is 1. The van der Waals surface area contributed by atoms with E-state index >= 15 is 0 Å². The highest BCUT2D eigenvalue weighted by molar-refractivity contribution is 7.18. The number of aromatic nitrogens is 3. The van der Waals surface area contributed by atoms with Crippen LogP contribution in [0.1, 0.15) is 34.1 Å². The average Bonchev–Trinajstić information content (AvgIpc) is 3.25. The van der Waals surface area contributed by atoms with E-state index in [1.165, 1.54) is 15.8 Å². The van der Waals surface area contributed by atoms with Crippen molar-refractivity contribution in [3.05, 3.63) is 63.1 Å². The van der Waals surface area contributed by atoms with E-state index in [0.717, 1.165) is 45.9 Å². The van der Waals surface area contributed by atoms with Crippen LogP contribution in [-0.4, -0.2) is 20.3 Å². The van der Waals surface area contributed by atoms with Gasteiger partial charge in [-0.05, 0) is 36.8 Å². The van der Waals surface area contributed by atoms with Crippen LogP contribution in [0.4, 0.5) is 0 Å². The third-order valence-electron chi connectivity index (χ3n) is 5.49. The lowest BCUT2D eigenvalue weighted by Gasteiger charge is -2.17. The molecule has 0 bridgehead atoms. The summed E-state index contributed by atoms with van der Waals surface area (Å²) in [5, 5.41) is 1.60. The summed E-state index contributed by atoms with van der Waals surface area (Å²) >= 11 is 1.63. The Balaban J connectivity index is 1.55. The summed E-state index contributed by atoms with van der Waals surface area (Å²) < 4.78 is 1.46. The van der Waals surface area contributed by atoms with Gasteiger partial charge in [-0.15, -0.1) is 11.3 Å². The number of nitrogens with zero attached hydrogens (tertiary/aromatic N) is 2. The van der Waals surface area contributed by atoms with Crippen molar-refractivity contribution < 1.29 is 4.79 Å². The zero-order chi connectivity index (χ0) is 18.5. The van der Waals surface area contributed by atoms with E-state index in [1.54, 1.807) is 17.5 Å². The molecule has 0 aliphatic heterocycles. The summed E-state index contributed by atoms with van der Waals surface area (Å²) in [5.74, 6) is 0.560. The van der Waals surface area contributed by atoms with Crippen LogP contribution < -0.4 is 5.56 Å². The second-order valence-corrected chi connectivity index (χ2v) is 8.46. The fourth-order valence-corrected chi connectivity index (χ4v) is 5.36. The van der Waals surface area contributed by atoms with E-state index in [2.05, 4.69) is 16.9 Å². The Hall–Kier alpha value is -2.73. The van der Waals surface area contributed by atoms with E-state index in [4.69, 9.17) is 0 Å². The number of para-hydroxylation sites is 1. The van der Waals surface area contributed by atoms with Gasteiger partial charge in [-0.25, -0.2) is 4.98 Å².